The molecule has 0 radical (unpaired) electrons. The first kappa shape index (κ1) is 64.2. The highest BCUT2D eigenvalue weighted by Crippen LogP contribution is 2.68. The van der Waals surface area contributed by atoms with Crippen LogP contribution in [0.2, 0.25) is 0 Å². The summed E-state index contributed by atoms with van der Waals surface area (Å²) in [6.07, 6.45) is 8.52. The molecule has 3 unspecified atom stereocenters. The van der Waals surface area contributed by atoms with Crippen molar-refractivity contribution in [3.8, 4) is 17.2 Å². The number of hydrogen-bond acceptors (Lipinski definition) is 15. The van der Waals surface area contributed by atoms with Crippen LogP contribution >= 0.6 is 23.1 Å². The van der Waals surface area contributed by atoms with Crippen LogP contribution in [-0.2, 0) is 29.4 Å². The lowest BCUT2D eigenvalue weighted by Gasteiger charge is -2.62. The minimum atomic E-state index is -1.12. The summed E-state index contributed by atoms with van der Waals surface area (Å²) in [6.45, 7) is 20.5. The summed E-state index contributed by atoms with van der Waals surface area (Å²) < 4.78 is 6.56. The molecule has 12 atom stereocenters. The van der Waals surface area contributed by atoms with Crippen molar-refractivity contribution in [1.29, 1.82) is 0 Å². The fourth-order valence-corrected chi connectivity index (χ4v) is 17.4. The topological polar surface area (TPSA) is 289 Å². The molecule has 4 saturated carbocycles. The molecule has 19 nitrogen and oxygen atoms in total. The van der Waals surface area contributed by atoms with Crippen molar-refractivity contribution in [2.75, 3.05) is 39.0 Å². The number of likely N-dealkylation sites (N-methyl/N-ethyl adjacent to an activating group) is 1. The van der Waals surface area contributed by atoms with E-state index in [0.29, 0.717) is 80.1 Å². The molecule has 2 aromatic carbocycles. The highest BCUT2D eigenvalue weighted by Gasteiger charge is 2.63. The number of nitrogens with zero attached hydrogens (tertiary/aromatic N) is 4. The first-order valence-corrected chi connectivity index (χ1v) is 31.9. The molecular weight excluding hydrogens is 1110 g/mol. The number of amides is 4. The Morgan fingerprint density at radius 3 is 2.32 bits per heavy atom. The summed E-state index contributed by atoms with van der Waals surface area (Å²) in [6, 6.07) is 3.01. The first-order chi connectivity index (χ1) is 39.6. The molecule has 2 heterocycles. The number of carboxylic acid groups (broad SMARTS) is 2. The van der Waals surface area contributed by atoms with E-state index in [1.54, 1.807) is 46.0 Å². The Morgan fingerprint density at radius 2 is 1.61 bits per heavy atom. The molecule has 460 valence electrons. The van der Waals surface area contributed by atoms with E-state index in [2.05, 4.69) is 54.5 Å². The number of hydrogen-bond donors (Lipinski definition) is 8. The molecule has 0 saturated heterocycles. The van der Waals surface area contributed by atoms with Gasteiger partial charge in [0.1, 0.15) is 33.3 Å². The Balaban J connectivity index is 0.801. The number of aliphatic carboxylic acids is 2. The number of phenols is 2. The number of aliphatic hydroxyl groups excluding tert-OH is 2. The Kier molecular flexibility index (Phi) is 20.2. The summed E-state index contributed by atoms with van der Waals surface area (Å²) in [4.78, 5) is 89.8. The van der Waals surface area contributed by atoms with Gasteiger partial charge in [-0.3, -0.25) is 19.4 Å². The number of carboxylic acids is 2. The SMILES string of the molecule is C=c1c(C)c(O)c(=C)c(C(C)(C)CC(=O)N(C)CCN(CCCC(=O)NCCCCC(NC(=O)CC[C@@H](C)C2CC[C@H]3[C@@H]4[C@H](O)C[C@@H]5C[C@H](O)CC[C@]5(C)[C@H]4CC[C@]23C)C(=O)O)C(=O)Oc2ccc3nc(C4=NC(C(=O)O)CS4)sc3c2)c1O. The molecule has 1 aromatic heterocycles. The van der Waals surface area contributed by atoms with Crippen LogP contribution in [-0.4, -0.2) is 149 Å². The molecule has 84 heavy (non-hydrogen) atoms. The fraction of sp³-hybridized carbons (Fsp3) is 0.651. The van der Waals surface area contributed by atoms with Gasteiger partial charge in [0.2, 0.25) is 17.7 Å². The van der Waals surface area contributed by atoms with Gasteiger partial charge < -0.3 is 55.8 Å². The monoisotopic (exact) mass is 1200 g/mol. The lowest BCUT2D eigenvalue weighted by molar-refractivity contribution is -0.174. The van der Waals surface area contributed by atoms with Crippen molar-refractivity contribution in [1.82, 2.24) is 25.4 Å². The standard InChI is InChI=1S/C63H88N6O13S2/c1-34(41-17-18-42-52-43(22-24-63(41,42)8)62(7)23-21-39(70)29-38(62)30-47(52)71)15-20-50(73)65-45(58(77)78)13-10-11-25-64-49(72)14-12-26-69(28-27-68(9)51(74)32-61(5,6)53-37(4)54(75)35(2)36(3)55(53)76)60(81)82-40-16-19-44-48(31-40)84-57(66-44)56-67-46(33-83-56)59(79)80/h16,19,31,34,38-39,41-43,45-47,52,70-71,75-76H,3-4,10-15,17-18,20-30,32-33H2,1-2,5-9H3,(H,64,72)(H,65,73)(H,77,78)(H,79,80)/t34-,38+,39-,41?,42+,43+,45?,46?,47-,52+,62+,63-/m1/s1. The number of ether oxygens (including phenoxy) is 1. The largest absolute Gasteiger partial charge is 0.507 e. The number of nitrogens with one attached hydrogen (secondary N) is 2. The van der Waals surface area contributed by atoms with Gasteiger partial charge in [0.25, 0.3) is 0 Å². The van der Waals surface area contributed by atoms with Crippen LogP contribution in [0.4, 0.5) is 4.79 Å². The fourth-order valence-electron chi connectivity index (χ4n) is 15.3. The third kappa shape index (κ3) is 13.9. The van der Waals surface area contributed by atoms with Crippen LogP contribution in [0.15, 0.2) is 23.2 Å². The summed E-state index contributed by atoms with van der Waals surface area (Å²) in [5.74, 6) is -0.590. The molecule has 21 heteroatoms. The third-order valence-electron chi connectivity index (χ3n) is 20.2. The number of thiazole rings is 1. The van der Waals surface area contributed by atoms with E-state index in [1.807, 2.05) is 0 Å². The highest BCUT2D eigenvalue weighted by molar-refractivity contribution is 8.15. The number of aromatic hydroxyl groups is 2. The smallest absolute Gasteiger partial charge is 0.415 e. The van der Waals surface area contributed by atoms with Gasteiger partial charge in [0.15, 0.2) is 6.04 Å². The number of fused-ring (bicyclic) bond motifs is 6. The second kappa shape index (κ2) is 26.5. The number of carbonyl (C=O) groups excluding carboxylic acids is 4. The number of aliphatic imine (C=N–C) groups is 1. The van der Waals surface area contributed by atoms with Gasteiger partial charge in [-0.1, -0.05) is 47.8 Å². The third-order valence-corrected chi connectivity index (χ3v) is 22.4. The molecule has 1 aliphatic heterocycles. The van der Waals surface area contributed by atoms with Crippen molar-refractivity contribution >= 4 is 87.3 Å². The van der Waals surface area contributed by atoms with Crippen molar-refractivity contribution < 1.29 is 64.1 Å². The van der Waals surface area contributed by atoms with Crippen molar-refractivity contribution in [3.63, 3.8) is 0 Å². The van der Waals surface area contributed by atoms with E-state index in [-0.39, 0.29) is 139 Å². The van der Waals surface area contributed by atoms with Gasteiger partial charge in [0, 0.05) is 91.3 Å². The Bertz CT molecular complexity index is 3120. The van der Waals surface area contributed by atoms with E-state index in [9.17, 15) is 59.4 Å². The minimum absolute atomic E-state index is 0.0269. The maximum atomic E-state index is 14.0. The molecule has 0 bridgehead atoms. The predicted octanol–water partition coefficient (Wildman–Crippen LogP) is 7.45. The van der Waals surface area contributed by atoms with Crippen LogP contribution in [0.5, 0.6) is 17.2 Å². The average molecular weight is 1200 g/mol. The van der Waals surface area contributed by atoms with E-state index in [0.717, 1.165) is 51.4 Å². The quantitative estimate of drug-likeness (QED) is 0.0319. The second-order valence-corrected chi connectivity index (χ2v) is 28.0. The highest BCUT2D eigenvalue weighted by atomic mass is 32.2. The van der Waals surface area contributed by atoms with Crippen molar-refractivity contribution in [3.05, 3.63) is 44.8 Å². The molecule has 4 fully saturated rings. The minimum Gasteiger partial charge on any atom is -0.507 e. The van der Waals surface area contributed by atoms with E-state index >= 15 is 0 Å². The maximum absolute atomic E-state index is 14.0. The van der Waals surface area contributed by atoms with Crippen LogP contribution in [0.25, 0.3) is 23.4 Å². The normalized spacial score (nSPS) is 27.1. The number of aromatic nitrogens is 1. The molecular formula is C63H88N6O13S2. The van der Waals surface area contributed by atoms with E-state index in [4.69, 9.17) is 4.74 Å². The van der Waals surface area contributed by atoms with E-state index < -0.39 is 35.5 Å². The Labute approximate surface area is 500 Å². The molecule has 8 N–H and O–H groups in total. The van der Waals surface area contributed by atoms with Gasteiger partial charge in [0.05, 0.1) is 22.4 Å². The zero-order valence-corrected chi connectivity index (χ0v) is 51.5. The van der Waals surface area contributed by atoms with Gasteiger partial charge >= 0.3 is 18.0 Å². The van der Waals surface area contributed by atoms with Gasteiger partial charge in [-0.2, -0.15) is 0 Å². The van der Waals surface area contributed by atoms with Gasteiger partial charge in [-0.15, -0.1) is 23.1 Å². The van der Waals surface area contributed by atoms with Gasteiger partial charge in [-0.05, 0) is 149 Å². The zero-order chi connectivity index (χ0) is 61.2. The van der Waals surface area contributed by atoms with Crippen LogP contribution < -0.4 is 25.8 Å². The van der Waals surface area contributed by atoms with Crippen molar-refractivity contribution in [2.24, 2.45) is 51.3 Å². The second-order valence-electron chi connectivity index (χ2n) is 26.0. The summed E-state index contributed by atoms with van der Waals surface area (Å²) in [7, 11) is 1.59. The van der Waals surface area contributed by atoms with E-state index in [1.165, 1.54) is 32.9 Å². The van der Waals surface area contributed by atoms with Crippen LogP contribution in [0.3, 0.4) is 0 Å². The Morgan fingerprint density at radius 1 is 0.881 bits per heavy atom. The molecule has 5 aliphatic rings. The number of carbonyl (C=O) groups is 6. The van der Waals surface area contributed by atoms with Crippen molar-refractivity contribution in [2.45, 2.75) is 174 Å². The molecule has 8 rings (SSSR count). The number of benzene rings is 2. The summed E-state index contributed by atoms with van der Waals surface area (Å²) in [5, 5.41) is 70.6. The molecule has 0 spiro atoms. The first-order valence-electron chi connectivity index (χ1n) is 30.1. The molecule has 3 aromatic rings. The molecule has 4 aliphatic carbocycles. The maximum Gasteiger partial charge on any atom is 0.415 e. The number of rotatable bonds is 24. The zero-order valence-electron chi connectivity index (χ0n) is 49.9. The lowest BCUT2D eigenvalue weighted by Crippen LogP contribution is -2.58. The average Bonchev–Trinajstić information content (AvgIpc) is 1.79. The number of phenolic OH excluding ortho intramolecular Hbond substituents is 2. The lowest BCUT2D eigenvalue weighted by atomic mass is 9.43. The van der Waals surface area contributed by atoms with Crippen LogP contribution in [0, 0.1) is 53.3 Å². The van der Waals surface area contributed by atoms with Crippen LogP contribution in [0.1, 0.15) is 153 Å². The number of thioether (sulfide) groups is 1. The summed E-state index contributed by atoms with van der Waals surface area (Å²) >= 11 is 2.60. The Hall–Kier alpha value is -5.77. The number of unbranched alkanes of at least 4 members (excludes halogenated alkanes) is 1. The van der Waals surface area contributed by atoms with Gasteiger partial charge in [-0.25, -0.2) is 19.4 Å². The summed E-state index contributed by atoms with van der Waals surface area (Å²) in [5.41, 5.74) is 0.542. The predicted molar refractivity (Wildman–Crippen MR) is 324 cm³/mol. The molecule has 4 amide bonds. The number of aliphatic hydroxyl groups is 2.